The molecule has 0 aliphatic carbocycles. The normalized spacial score (nSPS) is 17.8. The monoisotopic (exact) mass is 218 g/mol. The van der Waals surface area contributed by atoms with E-state index in [2.05, 4.69) is 15.4 Å². The van der Waals surface area contributed by atoms with E-state index in [0.29, 0.717) is 6.10 Å². The Morgan fingerprint density at radius 2 is 2.19 bits per heavy atom. The molecule has 5 nitrogen and oxygen atoms in total. The van der Waals surface area contributed by atoms with E-state index in [1.54, 1.807) is 10.8 Å². The van der Waals surface area contributed by atoms with Crippen LogP contribution >= 0.6 is 0 Å². The largest absolute Gasteiger partial charge is 0.489 e. The molecule has 0 saturated carbocycles. The molecular weight excluding hydrogens is 204 g/mol. The van der Waals surface area contributed by atoms with Gasteiger partial charge in [0.1, 0.15) is 18.2 Å². The molecule has 0 unspecified atom stereocenters. The maximum Gasteiger partial charge on any atom is 0.155 e. The number of piperidine rings is 1. The van der Waals surface area contributed by atoms with E-state index in [1.807, 2.05) is 18.3 Å². The third-order valence-corrected chi connectivity index (χ3v) is 2.84. The Morgan fingerprint density at radius 1 is 1.31 bits per heavy atom. The SMILES string of the molecule is c1nc2ccc(OC3CCNCC3)cn2n1. The average Bonchev–Trinajstić information content (AvgIpc) is 2.77. The second-order valence-corrected chi connectivity index (χ2v) is 3.99. The van der Waals surface area contributed by atoms with Gasteiger partial charge in [-0.15, -0.1) is 0 Å². The van der Waals surface area contributed by atoms with Crippen LogP contribution in [-0.2, 0) is 0 Å². The van der Waals surface area contributed by atoms with Crippen molar-refractivity contribution < 1.29 is 4.74 Å². The van der Waals surface area contributed by atoms with Gasteiger partial charge in [-0.25, -0.2) is 9.50 Å². The Morgan fingerprint density at radius 3 is 3.06 bits per heavy atom. The summed E-state index contributed by atoms with van der Waals surface area (Å²) < 4.78 is 7.64. The lowest BCUT2D eigenvalue weighted by Gasteiger charge is -2.23. The maximum absolute atomic E-state index is 5.90. The maximum atomic E-state index is 5.90. The molecule has 1 aliphatic heterocycles. The van der Waals surface area contributed by atoms with Crippen LogP contribution in [0.2, 0.25) is 0 Å². The van der Waals surface area contributed by atoms with Crippen LogP contribution in [0, 0.1) is 0 Å². The van der Waals surface area contributed by atoms with E-state index >= 15 is 0 Å². The molecule has 1 fully saturated rings. The number of fused-ring (bicyclic) bond motifs is 1. The molecule has 1 saturated heterocycles. The standard InChI is InChI=1S/C11H14N4O/c1-2-11-13-8-14-15(11)7-10(1)16-9-3-5-12-6-4-9/h1-2,7-9,12H,3-6H2. The zero-order chi connectivity index (χ0) is 10.8. The summed E-state index contributed by atoms with van der Waals surface area (Å²) in [4.78, 5) is 4.09. The summed E-state index contributed by atoms with van der Waals surface area (Å²) in [6, 6.07) is 3.87. The molecule has 3 heterocycles. The van der Waals surface area contributed by atoms with Crippen molar-refractivity contribution in [2.45, 2.75) is 18.9 Å². The molecule has 3 rings (SSSR count). The number of nitrogens with one attached hydrogen (secondary N) is 1. The zero-order valence-corrected chi connectivity index (χ0v) is 8.97. The predicted octanol–water partition coefficient (Wildman–Crippen LogP) is 0.860. The predicted molar refractivity (Wildman–Crippen MR) is 59.5 cm³/mol. The Balaban J connectivity index is 1.77. The van der Waals surface area contributed by atoms with Gasteiger partial charge in [0.25, 0.3) is 0 Å². The van der Waals surface area contributed by atoms with Crippen molar-refractivity contribution in [1.29, 1.82) is 0 Å². The first-order valence-corrected chi connectivity index (χ1v) is 5.58. The van der Waals surface area contributed by atoms with E-state index in [-0.39, 0.29) is 0 Å². The molecule has 0 spiro atoms. The molecule has 2 aromatic heterocycles. The lowest BCUT2D eigenvalue weighted by Crippen LogP contribution is -2.34. The fourth-order valence-electron chi connectivity index (χ4n) is 1.97. The summed E-state index contributed by atoms with van der Waals surface area (Å²) in [6.45, 7) is 2.08. The van der Waals surface area contributed by atoms with E-state index < -0.39 is 0 Å². The number of hydrogen-bond donors (Lipinski definition) is 1. The van der Waals surface area contributed by atoms with Crippen molar-refractivity contribution in [2.75, 3.05) is 13.1 Å². The molecule has 0 amide bonds. The van der Waals surface area contributed by atoms with Crippen molar-refractivity contribution in [3.05, 3.63) is 24.7 Å². The van der Waals surface area contributed by atoms with Gasteiger partial charge in [0.15, 0.2) is 5.65 Å². The fraction of sp³-hybridized carbons (Fsp3) is 0.455. The minimum absolute atomic E-state index is 0.322. The minimum Gasteiger partial charge on any atom is -0.489 e. The molecule has 0 bridgehead atoms. The Bertz CT molecular complexity index is 476. The van der Waals surface area contributed by atoms with Crippen LogP contribution in [0.3, 0.4) is 0 Å². The third-order valence-electron chi connectivity index (χ3n) is 2.84. The molecule has 2 aromatic rings. The summed E-state index contributed by atoms with van der Waals surface area (Å²) in [5.74, 6) is 0.866. The van der Waals surface area contributed by atoms with E-state index in [1.165, 1.54) is 0 Å². The molecule has 1 N–H and O–H groups in total. The highest BCUT2D eigenvalue weighted by atomic mass is 16.5. The quantitative estimate of drug-likeness (QED) is 0.812. The zero-order valence-electron chi connectivity index (χ0n) is 8.97. The van der Waals surface area contributed by atoms with Gasteiger partial charge in [-0.3, -0.25) is 0 Å². The van der Waals surface area contributed by atoms with E-state index in [4.69, 9.17) is 4.74 Å². The lowest BCUT2D eigenvalue weighted by molar-refractivity contribution is 0.161. The average molecular weight is 218 g/mol. The first kappa shape index (κ1) is 9.59. The van der Waals surface area contributed by atoms with Gasteiger partial charge in [-0.1, -0.05) is 0 Å². The summed E-state index contributed by atoms with van der Waals surface area (Å²) in [7, 11) is 0. The molecule has 0 aromatic carbocycles. The Kier molecular flexibility index (Phi) is 2.46. The highest BCUT2D eigenvalue weighted by molar-refractivity contribution is 5.39. The second kappa shape index (κ2) is 4.09. The number of nitrogens with zero attached hydrogens (tertiary/aromatic N) is 3. The number of rotatable bonds is 2. The number of ether oxygens (including phenoxy) is 1. The molecule has 16 heavy (non-hydrogen) atoms. The van der Waals surface area contributed by atoms with E-state index in [0.717, 1.165) is 37.3 Å². The van der Waals surface area contributed by atoms with Crippen molar-refractivity contribution in [3.63, 3.8) is 0 Å². The minimum atomic E-state index is 0.322. The fourth-order valence-corrected chi connectivity index (χ4v) is 1.97. The highest BCUT2D eigenvalue weighted by Crippen LogP contribution is 2.16. The first-order valence-electron chi connectivity index (χ1n) is 5.58. The summed E-state index contributed by atoms with van der Waals surface area (Å²) in [6.07, 6.45) is 5.88. The number of aromatic nitrogens is 3. The van der Waals surface area contributed by atoms with Crippen LogP contribution in [0.25, 0.3) is 5.65 Å². The van der Waals surface area contributed by atoms with Crippen molar-refractivity contribution in [3.8, 4) is 5.75 Å². The first-order chi connectivity index (χ1) is 7.92. The lowest BCUT2D eigenvalue weighted by atomic mass is 10.1. The van der Waals surface area contributed by atoms with Gasteiger partial charge in [-0.2, -0.15) is 5.10 Å². The molecule has 84 valence electrons. The smallest absolute Gasteiger partial charge is 0.155 e. The summed E-state index contributed by atoms with van der Waals surface area (Å²) >= 11 is 0. The number of pyridine rings is 1. The van der Waals surface area contributed by atoms with Crippen molar-refractivity contribution in [2.24, 2.45) is 0 Å². The van der Waals surface area contributed by atoms with E-state index in [9.17, 15) is 0 Å². The van der Waals surface area contributed by atoms with Crippen LogP contribution in [0.4, 0.5) is 0 Å². The second-order valence-electron chi connectivity index (χ2n) is 3.99. The van der Waals surface area contributed by atoms with Crippen LogP contribution in [0.5, 0.6) is 5.75 Å². The van der Waals surface area contributed by atoms with Gasteiger partial charge in [0, 0.05) is 0 Å². The van der Waals surface area contributed by atoms with Gasteiger partial charge in [-0.05, 0) is 38.1 Å². The molecule has 1 aliphatic rings. The van der Waals surface area contributed by atoms with Gasteiger partial charge >= 0.3 is 0 Å². The Labute approximate surface area is 93.4 Å². The molecule has 5 heteroatoms. The van der Waals surface area contributed by atoms with Gasteiger partial charge < -0.3 is 10.1 Å². The van der Waals surface area contributed by atoms with Crippen LogP contribution < -0.4 is 10.1 Å². The highest BCUT2D eigenvalue weighted by Gasteiger charge is 2.14. The van der Waals surface area contributed by atoms with Crippen LogP contribution in [0.15, 0.2) is 24.7 Å². The van der Waals surface area contributed by atoms with Crippen molar-refractivity contribution >= 4 is 5.65 Å². The summed E-state index contributed by atoms with van der Waals surface area (Å²) in [5, 5.41) is 7.40. The van der Waals surface area contributed by atoms with Crippen LogP contribution in [0.1, 0.15) is 12.8 Å². The summed E-state index contributed by atoms with van der Waals surface area (Å²) in [5.41, 5.74) is 0.845. The molecular formula is C11H14N4O. The number of hydrogen-bond acceptors (Lipinski definition) is 4. The third kappa shape index (κ3) is 1.86. The molecule has 0 atom stereocenters. The van der Waals surface area contributed by atoms with Gasteiger partial charge in [0.05, 0.1) is 6.20 Å². The Hall–Kier alpha value is -1.62. The molecule has 0 radical (unpaired) electrons. The van der Waals surface area contributed by atoms with Gasteiger partial charge in [0.2, 0.25) is 0 Å². The van der Waals surface area contributed by atoms with Crippen LogP contribution in [-0.4, -0.2) is 33.8 Å². The topological polar surface area (TPSA) is 51.5 Å². The van der Waals surface area contributed by atoms with Crippen molar-refractivity contribution in [1.82, 2.24) is 19.9 Å².